The van der Waals surface area contributed by atoms with Gasteiger partial charge in [0.15, 0.2) is 0 Å². The second-order valence-corrected chi connectivity index (χ2v) is 7.40. The van der Waals surface area contributed by atoms with E-state index in [1.165, 1.54) is 7.05 Å². The predicted molar refractivity (Wildman–Crippen MR) is 85.3 cm³/mol. The number of nitrogens with two attached hydrogens (primary N) is 1. The van der Waals surface area contributed by atoms with E-state index in [9.17, 15) is 12.8 Å². The molecule has 0 aromatic heterocycles. The molecule has 7 heteroatoms. The fraction of sp³-hybridized carbons (Fsp3) is 0.143. The Balaban J connectivity index is 2.51. The van der Waals surface area contributed by atoms with Gasteiger partial charge >= 0.3 is 0 Å². The van der Waals surface area contributed by atoms with Gasteiger partial charge in [0.25, 0.3) is 10.0 Å². The van der Waals surface area contributed by atoms with Crippen molar-refractivity contribution in [3.05, 3.63) is 52.3 Å². The molecule has 112 valence electrons. The zero-order valence-electron chi connectivity index (χ0n) is 11.5. The molecule has 2 rings (SSSR count). The molecule has 0 bridgehead atoms. The number of halogens is 2. The molecule has 0 saturated carbocycles. The summed E-state index contributed by atoms with van der Waals surface area (Å²) in [5.41, 5.74) is 6.79. The highest BCUT2D eigenvalue weighted by Gasteiger charge is 2.25. The topological polar surface area (TPSA) is 63.4 Å². The molecule has 0 saturated heterocycles. The number of hydrogen-bond acceptors (Lipinski definition) is 3. The smallest absolute Gasteiger partial charge is 0.265 e. The van der Waals surface area contributed by atoms with Gasteiger partial charge < -0.3 is 5.73 Å². The van der Waals surface area contributed by atoms with Crippen molar-refractivity contribution in [2.45, 2.75) is 11.8 Å². The van der Waals surface area contributed by atoms with E-state index in [-0.39, 0.29) is 15.1 Å². The predicted octanol–water partition coefficient (Wildman–Crippen LogP) is 3.30. The zero-order valence-corrected chi connectivity index (χ0v) is 13.9. The maximum absolute atomic E-state index is 13.4. The normalized spacial score (nSPS) is 11.4. The van der Waals surface area contributed by atoms with Gasteiger partial charge in [-0.15, -0.1) is 0 Å². The molecule has 2 aromatic carbocycles. The standard InChI is InChI=1S/C14H14BrFN2O2S/c1-9-3-5-10(6-4-9)18(2)21(19,20)14-8-13(17)12(16)7-11(14)15/h3-8H,17H2,1-2H3. The number of hydrogen-bond donors (Lipinski definition) is 1. The number of nitrogen functional groups attached to an aromatic ring is 1. The van der Waals surface area contributed by atoms with Gasteiger partial charge in [0.2, 0.25) is 0 Å². The van der Waals surface area contributed by atoms with E-state index in [2.05, 4.69) is 15.9 Å². The van der Waals surface area contributed by atoms with Gasteiger partial charge in [0.1, 0.15) is 10.7 Å². The van der Waals surface area contributed by atoms with E-state index >= 15 is 0 Å². The summed E-state index contributed by atoms with van der Waals surface area (Å²) in [5, 5.41) is 0. The van der Waals surface area contributed by atoms with Crippen LogP contribution in [0.2, 0.25) is 0 Å². The molecule has 0 unspecified atom stereocenters. The summed E-state index contributed by atoms with van der Waals surface area (Å²) in [5.74, 6) is -0.668. The first-order valence-corrected chi connectivity index (χ1v) is 8.27. The van der Waals surface area contributed by atoms with E-state index in [0.29, 0.717) is 5.69 Å². The molecule has 0 aliphatic rings. The van der Waals surface area contributed by atoms with Crippen molar-refractivity contribution in [3.63, 3.8) is 0 Å². The van der Waals surface area contributed by atoms with E-state index in [1.54, 1.807) is 12.1 Å². The zero-order chi connectivity index (χ0) is 15.8. The molecule has 2 aromatic rings. The van der Waals surface area contributed by atoms with Crippen LogP contribution in [0.5, 0.6) is 0 Å². The van der Waals surface area contributed by atoms with Crippen LogP contribution in [0.1, 0.15) is 5.56 Å². The van der Waals surface area contributed by atoms with Gasteiger partial charge in [-0.25, -0.2) is 12.8 Å². The summed E-state index contributed by atoms with van der Waals surface area (Å²) in [6, 6.07) is 9.19. The van der Waals surface area contributed by atoms with Gasteiger partial charge in [-0.2, -0.15) is 0 Å². The maximum Gasteiger partial charge on any atom is 0.265 e. The van der Waals surface area contributed by atoms with Crippen LogP contribution < -0.4 is 10.0 Å². The highest BCUT2D eigenvalue weighted by Crippen LogP contribution is 2.30. The van der Waals surface area contributed by atoms with Crippen molar-refractivity contribution >= 4 is 37.3 Å². The molecule has 0 aliphatic carbocycles. The summed E-state index contributed by atoms with van der Waals surface area (Å²) < 4.78 is 39.9. The van der Waals surface area contributed by atoms with Crippen molar-refractivity contribution in [1.29, 1.82) is 0 Å². The molecule has 0 spiro atoms. The summed E-state index contributed by atoms with van der Waals surface area (Å²) in [7, 11) is -2.40. The van der Waals surface area contributed by atoms with Gasteiger partial charge in [-0.3, -0.25) is 4.31 Å². The van der Waals surface area contributed by atoms with Crippen LogP contribution in [0.4, 0.5) is 15.8 Å². The molecule has 0 amide bonds. The molecule has 0 atom stereocenters. The molecule has 0 radical (unpaired) electrons. The minimum Gasteiger partial charge on any atom is -0.396 e. The first-order valence-electron chi connectivity index (χ1n) is 6.03. The number of benzene rings is 2. The maximum atomic E-state index is 13.4. The van der Waals surface area contributed by atoms with E-state index in [4.69, 9.17) is 5.73 Å². The molecule has 2 N–H and O–H groups in total. The van der Waals surface area contributed by atoms with Gasteiger partial charge in [0, 0.05) is 11.5 Å². The minimum absolute atomic E-state index is 0.0792. The van der Waals surface area contributed by atoms with Crippen LogP contribution in [0.15, 0.2) is 45.8 Å². The number of anilines is 2. The van der Waals surface area contributed by atoms with Gasteiger partial charge in [0.05, 0.1) is 11.4 Å². The number of rotatable bonds is 3. The molecular formula is C14H14BrFN2O2S. The summed E-state index contributed by atoms with van der Waals surface area (Å²) in [6.45, 7) is 1.91. The molecule has 0 aliphatic heterocycles. The third-order valence-electron chi connectivity index (χ3n) is 3.09. The van der Waals surface area contributed by atoms with Crippen LogP contribution in [-0.2, 0) is 10.0 Å². The van der Waals surface area contributed by atoms with Crippen LogP contribution in [0, 0.1) is 12.7 Å². The SMILES string of the molecule is Cc1ccc(N(C)S(=O)(=O)c2cc(N)c(F)cc2Br)cc1. The van der Waals surface area contributed by atoms with Crippen LogP contribution in [-0.4, -0.2) is 15.5 Å². The number of sulfonamides is 1. The Morgan fingerprint density at radius 1 is 1.19 bits per heavy atom. The van der Waals surface area contributed by atoms with E-state index in [0.717, 1.165) is 22.0 Å². The fourth-order valence-electron chi connectivity index (χ4n) is 1.78. The Hall–Kier alpha value is -1.60. The highest BCUT2D eigenvalue weighted by atomic mass is 79.9. The Morgan fingerprint density at radius 2 is 1.76 bits per heavy atom. The lowest BCUT2D eigenvalue weighted by atomic mass is 10.2. The monoisotopic (exact) mass is 372 g/mol. The molecule has 0 fully saturated rings. The Labute approximate surface area is 131 Å². The van der Waals surface area contributed by atoms with Crippen molar-refractivity contribution in [2.24, 2.45) is 0 Å². The van der Waals surface area contributed by atoms with Crippen LogP contribution in [0.3, 0.4) is 0 Å². The highest BCUT2D eigenvalue weighted by molar-refractivity contribution is 9.10. The number of nitrogens with zero attached hydrogens (tertiary/aromatic N) is 1. The van der Waals surface area contributed by atoms with Crippen molar-refractivity contribution in [1.82, 2.24) is 0 Å². The van der Waals surface area contributed by atoms with Crippen molar-refractivity contribution in [3.8, 4) is 0 Å². The minimum atomic E-state index is -3.84. The lowest BCUT2D eigenvalue weighted by Crippen LogP contribution is -2.27. The van der Waals surface area contributed by atoms with E-state index in [1.807, 2.05) is 19.1 Å². The average molecular weight is 373 g/mol. The number of aryl methyl sites for hydroxylation is 1. The summed E-state index contributed by atoms with van der Waals surface area (Å²) in [6.07, 6.45) is 0. The first kappa shape index (κ1) is 15.8. The molecule has 0 heterocycles. The Kier molecular flexibility index (Phi) is 4.25. The second kappa shape index (κ2) is 5.65. The van der Waals surface area contributed by atoms with Gasteiger partial charge in [-0.1, -0.05) is 17.7 Å². The molecule has 21 heavy (non-hydrogen) atoms. The third kappa shape index (κ3) is 3.03. The lowest BCUT2D eigenvalue weighted by Gasteiger charge is -2.20. The van der Waals surface area contributed by atoms with Crippen LogP contribution in [0.25, 0.3) is 0 Å². The largest absolute Gasteiger partial charge is 0.396 e. The van der Waals surface area contributed by atoms with E-state index < -0.39 is 15.8 Å². The van der Waals surface area contributed by atoms with Crippen LogP contribution >= 0.6 is 15.9 Å². The van der Waals surface area contributed by atoms with Crippen molar-refractivity contribution in [2.75, 3.05) is 17.1 Å². The van der Waals surface area contributed by atoms with Gasteiger partial charge in [-0.05, 0) is 47.1 Å². The second-order valence-electron chi connectivity index (χ2n) is 4.61. The first-order chi connectivity index (χ1) is 9.73. The quantitative estimate of drug-likeness (QED) is 0.840. The molecular weight excluding hydrogens is 359 g/mol. The molecule has 4 nitrogen and oxygen atoms in total. The Morgan fingerprint density at radius 3 is 2.33 bits per heavy atom. The lowest BCUT2D eigenvalue weighted by molar-refractivity contribution is 0.592. The third-order valence-corrected chi connectivity index (χ3v) is 5.83. The summed E-state index contributed by atoms with van der Waals surface area (Å²) in [4.78, 5) is -0.0792. The average Bonchev–Trinajstić information content (AvgIpc) is 2.42. The van der Waals surface area contributed by atoms with Crippen molar-refractivity contribution < 1.29 is 12.8 Å². The Bertz CT molecular complexity index is 776. The summed E-state index contributed by atoms with van der Waals surface area (Å²) >= 11 is 3.07. The fourth-order valence-corrected chi connectivity index (χ4v) is 3.99.